The minimum Gasteiger partial charge on any atom is -0.355 e. The van der Waals surface area contributed by atoms with Gasteiger partial charge in [-0.2, -0.15) is 0 Å². The van der Waals surface area contributed by atoms with Gasteiger partial charge in [0, 0.05) is 36.5 Å². The molecule has 0 unspecified atom stereocenters. The molecule has 2 heterocycles. The number of hydrogen-bond acceptors (Lipinski definition) is 5. The predicted molar refractivity (Wildman–Crippen MR) is 77.6 cm³/mol. The van der Waals surface area contributed by atoms with E-state index in [4.69, 9.17) is 0 Å². The first-order valence-electron chi connectivity index (χ1n) is 7.19. The van der Waals surface area contributed by atoms with E-state index in [1.54, 1.807) is 0 Å². The first-order valence-corrected chi connectivity index (χ1v) is 9.08. The van der Waals surface area contributed by atoms with E-state index in [1.807, 2.05) is 13.0 Å². The Bertz CT molecular complexity index is 613. The van der Waals surface area contributed by atoms with Gasteiger partial charge in [-0.05, 0) is 19.8 Å². The minimum absolute atomic E-state index is 0.0582. The standard InChI is InChI=1S/C14H21N3O2S/c1-11-8-12(16-13(15-11)20(2,18)19)17-9-14(10-17)6-4-3-5-7-14/h8H,3-7,9-10H2,1-2H3. The van der Waals surface area contributed by atoms with Gasteiger partial charge in [-0.25, -0.2) is 18.4 Å². The maximum atomic E-state index is 11.6. The Balaban J connectivity index is 1.81. The molecule has 2 fully saturated rings. The summed E-state index contributed by atoms with van der Waals surface area (Å²) in [6.45, 7) is 3.83. The van der Waals surface area contributed by atoms with Crippen LogP contribution in [-0.2, 0) is 9.84 Å². The van der Waals surface area contributed by atoms with Crippen LogP contribution in [0, 0.1) is 12.3 Å². The molecule has 0 amide bonds. The first-order chi connectivity index (χ1) is 9.38. The lowest BCUT2D eigenvalue weighted by atomic mass is 9.69. The molecule has 1 aromatic heterocycles. The van der Waals surface area contributed by atoms with Crippen LogP contribution < -0.4 is 4.90 Å². The summed E-state index contributed by atoms with van der Waals surface area (Å²) in [5.41, 5.74) is 1.17. The van der Waals surface area contributed by atoms with Crippen molar-refractivity contribution in [2.24, 2.45) is 5.41 Å². The van der Waals surface area contributed by atoms with Gasteiger partial charge in [-0.15, -0.1) is 0 Å². The number of hydrogen-bond donors (Lipinski definition) is 0. The van der Waals surface area contributed by atoms with Crippen molar-refractivity contribution >= 4 is 15.7 Å². The molecule has 1 aliphatic heterocycles. The molecule has 2 aliphatic rings. The number of aryl methyl sites for hydroxylation is 1. The number of aromatic nitrogens is 2. The fourth-order valence-electron chi connectivity index (χ4n) is 3.40. The Morgan fingerprint density at radius 2 is 1.80 bits per heavy atom. The van der Waals surface area contributed by atoms with Crippen LogP contribution in [0.25, 0.3) is 0 Å². The van der Waals surface area contributed by atoms with Crippen LogP contribution >= 0.6 is 0 Å². The number of sulfone groups is 1. The van der Waals surface area contributed by atoms with Gasteiger partial charge in [0.05, 0.1) is 0 Å². The fraction of sp³-hybridized carbons (Fsp3) is 0.714. The van der Waals surface area contributed by atoms with Crippen LogP contribution in [-0.4, -0.2) is 37.7 Å². The number of rotatable bonds is 2. The van der Waals surface area contributed by atoms with Crippen molar-refractivity contribution in [2.45, 2.75) is 44.2 Å². The molecule has 1 saturated carbocycles. The zero-order valence-electron chi connectivity index (χ0n) is 12.1. The molecule has 1 spiro atoms. The molecule has 0 radical (unpaired) electrons. The molecule has 5 nitrogen and oxygen atoms in total. The Morgan fingerprint density at radius 3 is 2.40 bits per heavy atom. The second-order valence-corrected chi connectivity index (χ2v) is 8.25. The molecular formula is C14H21N3O2S. The van der Waals surface area contributed by atoms with Gasteiger partial charge >= 0.3 is 0 Å². The number of anilines is 1. The first kappa shape index (κ1) is 13.8. The van der Waals surface area contributed by atoms with Crippen LogP contribution in [0.2, 0.25) is 0 Å². The van der Waals surface area contributed by atoms with Crippen molar-refractivity contribution in [1.82, 2.24) is 9.97 Å². The van der Waals surface area contributed by atoms with Crippen molar-refractivity contribution in [2.75, 3.05) is 24.2 Å². The van der Waals surface area contributed by atoms with Crippen molar-refractivity contribution in [1.29, 1.82) is 0 Å². The van der Waals surface area contributed by atoms with Gasteiger partial charge in [-0.3, -0.25) is 0 Å². The van der Waals surface area contributed by atoms with Crippen molar-refractivity contribution in [3.05, 3.63) is 11.8 Å². The summed E-state index contributed by atoms with van der Waals surface area (Å²) in [5.74, 6) is 0.758. The highest BCUT2D eigenvalue weighted by atomic mass is 32.2. The highest BCUT2D eigenvalue weighted by Gasteiger charge is 2.44. The summed E-state index contributed by atoms with van der Waals surface area (Å²) in [4.78, 5) is 10.4. The normalized spacial score (nSPS) is 21.8. The molecule has 1 saturated heterocycles. The zero-order chi connectivity index (χ0) is 14.4. The molecule has 0 N–H and O–H groups in total. The van der Waals surface area contributed by atoms with E-state index in [2.05, 4.69) is 14.9 Å². The van der Waals surface area contributed by atoms with E-state index in [1.165, 1.54) is 32.1 Å². The predicted octanol–water partition coefficient (Wildman–Crippen LogP) is 1.96. The van der Waals surface area contributed by atoms with Crippen molar-refractivity contribution in [3.63, 3.8) is 0 Å². The van der Waals surface area contributed by atoms with E-state index in [0.717, 1.165) is 25.2 Å². The van der Waals surface area contributed by atoms with Crippen LogP contribution in [0.1, 0.15) is 37.8 Å². The van der Waals surface area contributed by atoms with Crippen LogP contribution in [0.3, 0.4) is 0 Å². The molecule has 110 valence electrons. The Hall–Kier alpha value is -1.17. The van der Waals surface area contributed by atoms with Gasteiger partial charge in [0.2, 0.25) is 15.0 Å². The molecular weight excluding hydrogens is 274 g/mol. The third-order valence-electron chi connectivity index (χ3n) is 4.44. The van der Waals surface area contributed by atoms with E-state index < -0.39 is 9.84 Å². The topological polar surface area (TPSA) is 63.2 Å². The Morgan fingerprint density at radius 1 is 1.15 bits per heavy atom. The Labute approximate surface area is 120 Å². The fourth-order valence-corrected chi connectivity index (χ4v) is 3.97. The summed E-state index contributed by atoms with van der Waals surface area (Å²) in [5, 5.41) is -0.0582. The lowest BCUT2D eigenvalue weighted by Gasteiger charge is -2.53. The minimum atomic E-state index is -3.35. The average Bonchev–Trinajstić information content (AvgIpc) is 2.35. The second-order valence-electron chi connectivity index (χ2n) is 6.34. The van der Waals surface area contributed by atoms with Gasteiger partial charge in [0.15, 0.2) is 0 Å². The van der Waals surface area contributed by atoms with Gasteiger partial charge < -0.3 is 4.90 Å². The molecule has 0 bridgehead atoms. The second kappa shape index (κ2) is 4.69. The zero-order valence-corrected chi connectivity index (χ0v) is 12.9. The number of nitrogens with zero attached hydrogens (tertiary/aromatic N) is 3. The monoisotopic (exact) mass is 295 g/mol. The quantitative estimate of drug-likeness (QED) is 0.780. The summed E-state index contributed by atoms with van der Waals surface area (Å²) in [7, 11) is -3.35. The van der Waals surface area contributed by atoms with Gasteiger partial charge in [0.25, 0.3) is 0 Å². The third kappa shape index (κ3) is 2.53. The van der Waals surface area contributed by atoms with E-state index in [0.29, 0.717) is 11.1 Å². The largest absolute Gasteiger partial charge is 0.355 e. The molecule has 6 heteroatoms. The molecule has 0 atom stereocenters. The molecule has 1 aromatic rings. The summed E-state index contributed by atoms with van der Waals surface area (Å²) >= 11 is 0. The molecule has 0 aromatic carbocycles. The SMILES string of the molecule is Cc1cc(N2CC3(CCCCC3)C2)nc(S(C)(=O)=O)n1. The summed E-state index contributed by atoms with van der Waals surface area (Å²) < 4.78 is 23.2. The van der Waals surface area contributed by atoms with E-state index in [-0.39, 0.29) is 5.16 Å². The van der Waals surface area contributed by atoms with Crippen LogP contribution in [0.15, 0.2) is 11.2 Å². The molecule has 3 rings (SSSR count). The van der Waals surface area contributed by atoms with Crippen molar-refractivity contribution < 1.29 is 8.42 Å². The summed E-state index contributed by atoms with van der Waals surface area (Å²) in [6, 6.07) is 1.88. The average molecular weight is 295 g/mol. The smallest absolute Gasteiger partial charge is 0.248 e. The maximum Gasteiger partial charge on any atom is 0.248 e. The van der Waals surface area contributed by atoms with Crippen molar-refractivity contribution in [3.8, 4) is 0 Å². The van der Waals surface area contributed by atoms with E-state index in [9.17, 15) is 8.42 Å². The molecule has 20 heavy (non-hydrogen) atoms. The van der Waals surface area contributed by atoms with Gasteiger partial charge in [0.1, 0.15) is 5.82 Å². The third-order valence-corrected chi connectivity index (χ3v) is 5.29. The lowest BCUT2D eigenvalue weighted by molar-refractivity contribution is 0.138. The molecule has 1 aliphatic carbocycles. The van der Waals surface area contributed by atoms with Crippen LogP contribution in [0.5, 0.6) is 0 Å². The maximum absolute atomic E-state index is 11.6. The van der Waals surface area contributed by atoms with Gasteiger partial charge in [-0.1, -0.05) is 19.3 Å². The lowest BCUT2D eigenvalue weighted by Crippen LogP contribution is -2.57. The van der Waals surface area contributed by atoms with Crippen LogP contribution in [0.4, 0.5) is 5.82 Å². The summed E-state index contributed by atoms with van der Waals surface area (Å²) in [6.07, 6.45) is 7.76. The Kier molecular flexibility index (Phi) is 3.23. The highest BCUT2D eigenvalue weighted by molar-refractivity contribution is 7.90. The highest BCUT2D eigenvalue weighted by Crippen LogP contribution is 2.45. The van der Waals surface area contributed by atoms with E-state index >= 15 is 0 Å².